The molecule has 0 aromatic carbocycles. The highest BCUT2D eigenvalue weighted by molar-refractivity contribution is 5.69. The van der Waals surface area contributed by atoms with Crippen LogP contribution in [-0.2, 0) is 14.3 Å². The van der Waals surface area contributed by atoms with E-state index in [9.17, 15) is 4.79 Å². The fraction of sp³-hybridized carbons (Fsp3) is 0.889. The van der Waals surface area contributed by atoms with Crippen LogP contribution in [0.1, 0.15) is 19.8 Å². The summed E-state index contributed by atoms with van der Waals surface area (Å²) in [4.78, 5) is 10.9. The van der Waals surface area contributed by atoms with Crippen LogP contribution in [0.5, 0.6) is 0 Å². The minimum atomic E-state index is -0.131. The maximum absolute atomic E-state index is 10.9. The molecule has 0 spiro atoms. The van der Waals surface area contributed by atoms with E-state index < -0.39 is 0 Å². The quantitative estimate of drug-likeness (QED) is 0.630. The van der Waals surface area contributed by atoms with Gasteiger partial charge in [-0.25, -0.2) is 0 Å². The average molecular weight is 187 g/mol. The first kappa shape index (κ1) is 10.5. The van der Waals surface area contributed by atoms with Gasteiger partial charge in [-0.1, -0.05) is 0 Å². The normalized spacial score (nSPS) is 21.8. The van der Waals surface area contributed by atoms with Crippen LogP contribution < -0.4 is 5.32 Å². The van der Waals surface area contributed by atoms with Gasteiger partial charge in [-0.15, -0.1) is 0 Å². The van der Waals surface area contributed by atoms with Crippen molar-refractivity contribution in [3.05, 3.63) is 0 Å². The first-order valence-electron chi connectivity index (χ1n) is 4.79. The van der Waals surface area contributed by atoms with Gasteiger partial charge in [0.15, 0.2) is 0 Å². The molecular formula is C9H17NO3. The van der Waals surface area contributed by atoms with Gasteiger partial charge in [0.1, 0.15) is 0 Å². The number of esters is 1. The Balaban J connectivity index is 1.96. The predicted molar refractivity (Wildman–Crippen MR) is 48.5 cm³/mol. The molecule has 0 saturated carbocycles. The number of ether oxygens (including phenoxy) is 2. The van der Waals surface area contributed by atoms with E-state index in [0.717, 1.165) is 19.6 Å². The Morgan fingerprint density at radius 3 is 3.15 bits per heavy atom. The van der Waals surface area contributed by atoms with Crippen molar-refractivity contribution in [2.75, 3.05) is 26.4 Å². The Morgan fingerprint density at radius 2 is 2.54 bits per heavy atom. The van der Waals surface area contributed by atoms with Gasteiger partial charge in [-0.05, 0) is 13.3 Å². The number of carbonyl (C=O) groups is 1. The van der Waals surface area contributed by atoms with E-state index in [-0.39, 0.29) is 5.97 Å². The molecule has 1 heterocycles. The van der Waals surface area contributed by atoms with E-state index in [1.54, 1.807) is 0 Å². The highest BCUT2D eigenvalue weighted by Gasteiger charge is 2.14. The van der Waals surface area contributed by atoms with E-state index in [1.807, 2.05) is 6.92 Å². The second-order valence-electron chi connectivity index (χ2n) is 3.07. The van der Waals surface area contributed by atoms with Gasteiger partial charge in [0.2, 0.25) is 0 Å². The third-order valence-corrected chi connectivity index (χ3v) is 2.00. The largest absolute Gasteiger partial charge is 0.466 e. The molecule has 4 heteroatoms. The Bertz CT molecular complexity index is 155. The minimum absolute atomic E-state index is 0.131. The van der Waals surface area contributed by atoms with Crippen molar-refractivity contribution in [1.29, 1.82) is 0 Å². The Labute approximate surface area is 78.6 Å². The van der Waals surface area contributed by atoms with Crippen LogP contribution in [0.3, 0.4) is 0 Å². The van der Waals surface area contributed by atoms with Crippen LogP contribution in [-0.4, -0.2) is 38.4 Å². The van der Waals surface area contributed by atoms with E-state index in [4.69, 9.17) is 9.47 Å². The molecule has 0 aromatic heterocycles. The fourth-order valence-corrected chi connectivity index (χ4v) is 1.31. The van der Waals surface area contributed by atoms with Crippen molar-refractivity contribution in [3.63, 3.8) is 0 Å². The molecule has 76 valence electrons. The van der Waals surface area contributed by atoms with Gasteiger partial charge in [0, 0.05) is 19.2 Å². The lowest BCUT2D eigenvalue weighted by Crippen LogP contribution is -2.31. The molecular weight excluding hydrogens is 170 g/mol. The van der Waals surface area contributed by atoms with Crippen molar-refractivity contribution < 1.29 is 14.3 Å². The number of nitrogens with one attached hydrogen (secondary N) is 1. The summed E-state index contributed by atoms with van der Waals surface area (Å²) in [6, 6.07) is 0.425. The van der Waals surface area contributed by atoms with Crippen LogP contribution in [0.4, 0.5) is 0 Å². The van der Waals surface area contributed by atoms with Crippen molar-refractivity contribution in [2.24, 2.45) is 0 Å². The summed E-state index contributed by atoms with van der Waals surface area (Å²) in [6.07, 6.45) is 1.49. The number of carbonyl (C=O) groups excluding carboxylic acids is 1. The first-order chi connectivity index (χ1) is 6.33. The molecule has 1 N–H and O–H groups in total. The van der Waals surface area contributed by atoms with Crippen LogP contribution in [0.2, 0.25) is 0 Å². The minimum Gasteiger partial charge on any atom is -0.466 e. The summed E-state index contributed by atoms with van der Waals surface area (Å²) in [6.45, 7) is 4.56. The molecule has 1 fully saturated rings. The lowest BCUT2D eigenvalue weighted by atomic mass is 10.2. The first-order valence-corrected chi connectivity index (χ1v) is 4.79. The zero-order valence-corrected chi connectivity index (χ0v) is 8.04. The van der Waals surface area contributed by atoms with Gasteiger partial charge in [0.05, 0.1) is 19.6 Å². The monoisotopic (exact) mass is 187 g/mol. The zero-order chi connectivity index (χ0) is 9.52. The van der Waals surface area contributed by atoms with Gasteiger partial charge in [-0.2, -0.15) is 0 Å². The van der Waals surface area contributed by atoms with Crippen molar-refractivity contribution in [1.82, 2.24) is 5.32 Å². The van der Waals surface area contributed by atoms with Crippen LogP contribution in [0.15, 0.2) is 0 Å². The molecule has 4 nitrogen and oxygen atoms in total. The highest BCUT2D eigenvalue weighted by Crippen LogP contribution is 2.02. The maximum Gasteiger partial charge on any atom is 0.307 e. The molecule has 1 unspecified atom stereocenters. The maximum atomic E-state index is 10.9. The molecule has 0 amide bonds. The number of rotatable bonds is 5. The average Bonchev–Trinajstić information content (AvgIpc) is 2.57. The van der Waals surface area contributed by atoms with Crippen LogP contribution in [0.25, 0.3) is 0 Å². The number of hydrogen-bond donors (Lipinski definition) is 1. The standard InChI is InChI=1S/C9H17NO3/c1-2-13-9(11)3-5-10-8-4-6-12-7-8/h8,10H,2-7H2,1H3. The molecule has 0 aromatic rings. The van der Waals surface area contributed by atoms with Crippen molar-refractivity contribution in [3.8, 4) is 0 Å². The van der Waals surface area contributed by atoms with Crippen LogP contribution >= 0.6 is 0 Å². The molecule has 0 aliphatic carbocycles. The van der Waals surface area contributed by atoms with Gasteiger partial charge < -0.3 is 14.8 Å². The molecule has 1 aliphatic heterocycles. The summed E-state index contributed by atoms with van der Waals surface area (Å²) in [7, 11) is 0. The second-order valence-corrected chi connectivity index (χ2v) is 3.07. The lowest BCUT2D eigenvalue weighted by molar-refractivity contribution is -0.143. The Hall–Kier alpha value is -0.610. The molecule has 13 heavy (non-hydrogen) atoms. The van der Waals surface area contributed by atoms with E-state index in [2.05, 4.69) is 5.32 Å². The summed E-state index contributed by atoms with van der Waals surface area (Å²) in [5.41, 5.74) is 0. The molecule has 1 aliphatic rings. The lowest BCUT2D eigenvalue weighted by Gasteiger charge is -2.09. The molecule has 1 rings (SSSR count). The zero-order valence-electron chi connectivity index (χ0n) is 8.04. The molecule has 0 radical (unpaired) electrons. The number of hydrogen-bond acceptors (Lipinski definition) is 4. The smallest absolute Gasteiger partial charge is 0.307 e. The van der Waals surface area contributed by atoms with E-state index >= 15 is 0 Å². The van der Waals surface area contributed by atoms with E-state index in [1.165, 1.54) is 0 Å². The second kappa shape index (κ2) is 5.94. The SMILES string of the molecule is CCOC(=O)CCNC1CCOC1. The third-order valence-electron chi connectivity index (χ3n) is 2.00. The molecule has 0 bridgehead atoms. The Kier molecular flexibility index (Phi) is 4.78. The van der Waals surface area contributed by atoms with Crippen molar-refractivity contribution in [2.45, 2.75) is 25.8 Å². The van der Waals surface area contributed by atoms with Gasteiger partial charge in [-0.3, -0.25) is 4.79 Å². The summed E-state index contributed by atoms with van der Waals surface area (Å²) >= 11 is 0. The highest BCUT2D eigenvalue weighted by atomic mass is 16.5. The fourth-order valence-electron chi connectivity index (χ4n) is 1.31. The third kappa shape index (κ3) is 4.24. The summed E-state index contributed by atoms with van der Waals surface area (Å²) < 4.78 is 9.98. The van der Waals surface area contributed by atoms with Gasteiger partial charge >= 0.3 is 5.97 Å². The van der Waals surface area contributed by atoms with Crippen LogP contribution in [0, 0.1) is 0 Å². The summed E-state index contributed by atoms with van der Waals surface area (Å²) in [5.74, 6) is -0.131. The van der Waals surface area contributed by atoms with E-state index in [0.29, 0.717) is 25.6 Å². The topological polar surface area (TPSA) is 47.6 Å². The molecule has 1 atom stereocenters. The molecule has 1 saturated heterocycles. The van der Waals surface area contributed by atoms with Gasteiger partial charge in [0.25, 0.3) is 0 Å². The summed E-state index contributed by atoms with van der Waals surface area (Å²) in [5, 5.41) is 3.25. The predicted octanol–water partition coefficient (Wildman–Crippen LogP) is 0.318. The van der Waals surface area contributed by atoms with Crippen molar-refractivity contribution >= 4 is 5.97 Å². The Morgan fingerprint density at radius 1 is 1.69 bits per heavy atom.